The van der Waals surface area contributed by atoms with Crippen molar-refractivity contribution in [1.82, 2.24) is 9.38 Å². The highest BCUT2D eigenvalue weighted by Crippen LogP contribution is 2.21. The van der Waals surface area contributed by atoms with Gasteiger partial charge in [-0.3, -0.25) is 0 Å². The topological polar surface area (TPSA) is 61.8 Å². The fourth-order valence-corrected chi connectivity index (χ4v) is 2.30. The van der Waals surface area contributed by atoms with Gasteiger partial charge in [-0.25, -0.2) is 4.98 Å². The van der Waals surface area contributed by atoms with Crippen molar-refractivity contribution in [2.24, 2.45) is 0 Å². The first-order valence-electron chi connectivity index (χ1n) is 7.20. The van der Waals surface area contributed by atoms with Gasteiger partial charge in [0.25, 0.3) is 0 Å². The predicted octanol–water partition coefficient (Wildman–Crippen LogP) is 2.99. The van der Waals surface area contributed by atoms with Gasteiger partial charge in [0.05, 0.1) is 5.69 Å². The molecule has 0 aliphatic heterocycles. The second kappa shape index (κ2) is 5.97. The number of benzene rings is 1. The summed E-state index contributed by atoms with van der Waals surface area (Å²) in [7, 11) is 0. The molecule has 22 heavy (non-hydrogen) atoms. The lowest BCUT2D eigenvalue weighted by Gasteiger charge is -2.09. The Kier molecular flexibility index (Phi) is 3.87. The quantitative estimate of drug-likeness (QED) is 0.581. The molecule has 0 bridgehead atoms. The van der Waals surface area contributed by atoms with Crippen LogP contribution in [0, 0.1) is 13.8 Å². The summed E-state index contributed by atoms with van der Waals surface area (Å²) in [4.78, 5) is 4.54. The maximum atomic E-state index is 5.80. The zero-order chi connectivity index (χ0) is 15.5. The van der Waals surface area contributed by atoms with Crippen LogP contribution < -0.4 is 15.2 Å². The molecule has 3 rings (SSSR count). The number of fused-ring (bicyclic) bond motifs is 1. The molecular weight excluding hydrogens is 278 g/mol. The van der Waals surface area contributed by atoms with E-state index in [2.05, 4.69) is 4.98 Å². The third-order valence-electron chi connectivity index (χ3n) is 3.56. The van der Waals surface area contributed by atoms with Crippen LogP contribution in [0.1, 0.15) is 11.4 Å². The molecule has 1 aromatic carbocycles. The summed E-state index contributed by atoms with van der Waals surface area (Å²) in [5, 5.41) is 0. The highest BCUT2D eigenvalue weighted by molar-refractivity contribution is 5.55. The van der Waals surface area contributed by atoms with Gasteiger partial charge in [0.2, 0.25) is 0 Å². The number of rotatable bonds is 5. The average Bonchev–Trinajstić information content (AvgIpc) is 2.80. The lowest BCUT2D eigenvalue weighted by atomic mass is 10.3. The molecule has 0 amide bonds. The van der Waals surface area contributed by atoms with Crippen molar-refractivity contribution in [1.29, 1.82) is 0 Å². The van der Waals surface area contributed by atoms with Gasteiger partial charge in [0.1, 0.15) is 19.0 Å². The van der Waals surface area contributed by atoms with Crippen molar-refractivity contribution in [2.45, 2.75) is 13.8 Å². The Labute approximate surface area is 129 Å². The van der Waals surface area contributed by atoms with Crippen LogP contribution in [0.15, 0.2) is 42.6 Å². The smallest absolute Gasteiger partial charge is 0.180 e. The first-order chi connectivity index (χ1) is 10.6. The number of pyridine rings is 1. The molecule has 114 valence electrons. The summed E-state index contributed by atoms with van der Waals surface area (Å²) in [5.41, 5.74) is 9.36. The van der Waals surface area contributed by atoms with Crippen LogP contribution in [0.2, 0.25) is 0 Å². The molecule has 5 heteroatoms. The Morgan fingerprint density at radius 1 is 1.09 bits per heavy atom. The number of nitrogens with two attached hydrogens (primary N) is 1. The van der Waals surface area contributed by atoms with Gasteiger partial charge in [-0.1, -0.05) is 6.07 Å². The zero-order valence-corrected chi connectivity index (χ0v) is 12.7. The standard InChI is InChI=1S/C17H19N3O2/c1-12-13(2)20-8-4-7-16(17(20)19-12)22-10-9-21-15-6-3-5-14(18)11-15/h3-8,11H,9-10,18H2,1-2H3. The molecule has 5 nitrogen and oxygen atoms in total. The lowest BCUT2D eigenvalue weighted by Crippen LogP contribution is -2.09. The summed E-state index contributed by atoms with van der Waals surface area (Å²) in [6.45, 7) is 4.93. The molecule has 0 aliphatic carbocycles. The van der Waals surface area contributed by atoms with E-state index >= 15 is 0 Å². The summed E-state index contributed by atoms with van der Waals surface area (Å²) in [6.07, 6.45) is 1.99. The Morgan fingerprint density at radius 2 is 1.91 bits per heavy atom. The SMILES string of the molecule is Cc1nc2c(OCCOc3cccc(N)c3)cccn2c1C. The van der Waals surface area contributed by atoms with Gasteiger partial charge in [-0.05, 0) is 38.1 Å². The van der Waals surface area contributed by atoms with E-state index in [4.69, 9.17) is 15.2 Å². The monoisotopic (exact) mass is 297 g/mol. The number of hydrogen-bond donors (Lipinski definition) is 1. The summed E-state index contributed by atoms with van der Waals surface area (Å²) in [6, 6.07) is 11.2. The summed E-state index contributed by atoms with van der Waals surface area (Å²) < 4.78 is 13.4. The van der Waals surface area contributed by atoms with Crippen LogP contribution in [-0.4, -0.2) is 22.6 Å². The Morgan fingerprint density at radius 3 is 2.73 bits per heavy atom. The zero-order valence-electron chi connectivity index (χ0n) is 12.7. The van der Waals surface area contributed by atoms with Crippen LogP contribution in [0.5, 0.6) is 11.5 Å². The number of aromatic nitrogens is 2. The minimum Gasteiger partial charge on any atom is -0.490 e. The molecule has 2 aromatic heterocycles. The molecule has 0 spiro atoms. The maximum absolute atomic E-state index is 5.80. The number of nitrogens with zero attached hydrogens (tertiary/aromatic N) is 2. The van der Waals surface area contributed by atoms with E-state index in [0.717, 1.165) is 28.5 Å². The van der Waals surface area contributed by atoms with Crippen molar-refractivity contribution in [3.8, 4) is 11.5 Å². The number of hydrogen-bond acceptors (Lipinski definition) is 4. The van der Waals surface area contributed by atoms with E-state index in [1.807, 2.05) is 54.8 Å². The highest BCUT2D eigenvalue weighted by Gasteiger charge is 2.09. The van der Waals surface area contributed by atoms with E-state index in [1.165, 1.54) is 0 Å². The minimum atomic E-state index is 0.444. The first kappa shape index (κ1) is 14.3. The second-order valence-electron chi connectivity index (χ2n) is 5.12. The van der Waals surface area contributed by atoms with Crippen molar-refractivity contribution in [3.05, 3.63) is 54.0 Å². The van der Waals surface area contributed by atoms with Crippen LogP contribution in [0.25, 0.3) is 5.65 Å². The molecule has 0 unspecified atom stereocenters. The summed E-state index contributed by atoms with van der Waals surface area (Å²) >= 11 is 0. The van der Waals surface area contributed by atoms with Crippen molar-refractivity contribution < 1.29 is 9.47 Å². The molecule has 0 saturated heterocycles. The molecule has 0 radical (unpaired) electrons. The number of anilines is 1. The molecule has 0 aliphatic rings. The van der Waals surface area contributed by atoms with Crippen LogP contribution in [0.3, 0.4) is 0 Å². The van der Waals surface area contributed by atoms with Crippen LogP contribution >= 0.6 is 0 Å². The van der Waals surface area contributed by atoms with Gasteiger partial charge in [-0.15, -0.1) is 0 Å². The lowest BCUT2D eigenvalue weighted by molar-refractivity contribution is 0.218. The third kappa shape index (κ3) is 2.83. The summed E-state index contributed by atoms with van der Waals surface area (Å²) in [5.74, 6) is 1.50. The number of nitrogen functional groups attached to an aromatic ring is 1. The van der Waals surface area contributed by atoms with E-state index < -0.39 is 0 Å². The largest absolute Gasteiger partial charge is 0.490 e. The van der Waals surface area contributed by atoms with E-state index in [1.54, 1.807) is 6.07 Å². The molecule has 0 fully saturated rings. The Hall–Kier alpha value is -2.69. The van der Waals surface area contributed by atoms with E-state index in [-0.39, 0.29) is 0 Å². The van der Waals surface area contributed by atoms with E-state index in [0.29, 0.717) is 18.9 Å². The molecule has 3 aromatic rings. The number of ether oxygens (including phenoxy) is 2. The average molecular weight is 297 g/mol. The Bertz CT molecular complexity index is 796. The number of aryl methyl sites for hydroxylation is 2. The second-order valence-corrected chi connectivity index (χ2v) is 5.12. The molecule has 0 saturated carbocycles. The van der Waals surface area contributed by atoms with Gasteiger partial charge in [0.15, 0.2) is 11.4 Å². The molecule has 0 atom stereocenters. The number of imidazole rings is 1. The van der Waals surface area contributed by atoms with E-state index in [9.17, 15) is 0 Å². The fraction of sp³-hybridized carbons (Fsp3) is 0.235. The van der Waals surface area contributed by atoms with Gasteiger partial charge in [-0.2, -0.15) is 0 Å². The normalized spacial score (nSPS) is 10.8. The first-order valence-corrected chi connectivity index (χ1v) is 7.20. The predicted molar refractivity (Wildman–Crippen MR) is 86.5 cm³/mol. The van der Waals surface area contributed by atoms with Crippen molar-refractivity contribution in [3.63, 3.8) is 0 Å². The van der Waals surface area contributed by atoms with Gasteiger partial charge in [0, 0.05) is 23.6 Å². The molecule has 2 N–H and O–H groups in total. The van der Waals surface area contributed by atoms with Gasteiger partial charge >= 0.3 is 0 Å². The fourth-order valence-electron chi connectivity index (χ4n) is 2.30. The van der Waals surface area contributed by atoms with Crippen molar-refractivity contribution in [2.75, 3.05) is 18.9 Å². The highest BCUT2D eigenvalue weighted by atomic mass is 16.5. The molecular formula is C17H19N3O2. The van der Waals surface area contributed by atoms with Gasteiger partial charge < -0.3 is 19.6 Å². The maximum Gasteiger partial charge on any atom is 0.180 e. The molecule has 2 heterocycles. The third-order valence-corrected chi connectivity index (χ3v) is 3.56. The van der Waals surface area contributed by atoms with Crippen LogP contribution in [0.4, 0.5) is 5.69 Å². The Balaban J connectivity index is 1.63. The van der Waals surface area contributed by atoms with Crippen molar-refractivity contribution >= 4 is 11.3 Å². The minimum absolute atomic E-state index is 0.444. The van der Waals surface area contributed by atoms with Crippen LogP contribution in [-0.2, 0) is 0 Å².